The molecule has 3 aromatic rings. The predicted octanol–water partition coefficient (Wildman–Crippen LogP) is 3.66. The Labute approximate surface area is 201 Å². The summed E-state index contributed by atoms with van der Waals surface area (Å²) < 4.78 is 12.9. The van der Waals surface area contributed by atoms with Gasteiger partial charge in [-0.3, -0.25) is 9.80 Å². The van der Waals surface area contributed by atoms with Crippen molar-refractivity contribution in [1.82, 2.24) is 9.80 Å². The van der Waals surface area contributed by atoms with Crippen LogP contribution in [0, 0.1) is 0 Å². The molecule has 0 atom stereocenters. The van der Waals surface area contributed by atoms with E-state index in [9.17, 15) is 10.2 Å². The molecule has 2 aliphatic rings. The van der Waals surface area contributed by atoms with Gasteiger partial charge in [0.1, 0.15) is 24.7 Å². The average molecular weight is 465 g/mol. The molecular weight excluding hydrogens is 428 g/mol. The minimum atomic E-state index is -0.154. The number of likely N-dealkylation sites (tertiary alicyclic amines) is 2. The first-order valence-electron chi connectivity index (χ1n) is 12.7. The number of piperidine rings is 2. The minimum Gasteiger partial charge on any atom is -0.491 e. The quantitative estimate of drug-likeness (QED) is 0.496. The highest BCUT2D eigenvalue weighted by atomic mass is 16.5. The van der Waals surface area contributed by atoms with Crippen molar-refractivity contribution in [2.24, 2.45) is 0 Å². The molecule has 5 rings (SSSR count). The molecule has 0 radical (unpaired) electrons. The second-order valence-electron chi connectivity index (χ2n) is 9.59. The fourth-order valence-corrected chi connectivity index (χ4v) is 5.20. The molecule has 0 saturated carbocycles. The molecule has 2 saturated heterocycles. The normalized spacial score (nSPS) is 19.1. The van der Waals surface area contributed by atoms with E-state index in [1.165, 1.54) is 0 Å². The summed E-state index contributed by atoms with van der Waals surface area (Å²) in [6, 6.07) is 16.7. The second-order valence-corrected chi connectivity index (χ2v) is 9.59. The van der Waals surface area contributed by atoms with Gasteiger partial charge in [-0.25, -0.2) is 0 Å². The fraction of sp³-hybridized carbons (Fsp3) is 0.500. The van der Waals surface area contributed by atoms with Crippen molar-refractivity contribution in [3.8, 4) is 11.5 Å². The highest BCUT2D eigenvalue weighted by Gasteiger charge is 2.20. The van der Waals surface area contributed by atoms with Gasteiger partial charge in [0, 0.05) is 60.8 Å². The Balaban J connectivity index is 1.35. The van der Waals surface area contributed by atoms with Gasteiger partial charge in [-0.1, -0.05) is 48.5 Å². The molecule has 2 fully saturated rings. The van der Waals surface area contributed by atoms with Crippen LogP contribution in [0.15, 0.2) is 48.5 Å². The number of ether oxygens (including phenoxy) is 2. The van der Waals surface area contributed by atoms with Gasteiger partial charge in [-0.05, 0) is 25.7 Å². The molecule has 34 heavy (non-hydrogen) atoms. The Morgan fingerprint density at radius 3 is 1.24 bits per heavy atom. The molecule has 0 aliphatic carbocycles. The van der Waals surface area contributed by atoms with E-state index < -0.39 is 0 Å². The third kappa shape index (κ3) is 5.31. The highest BCUT2D eigenvalue weighted by molar-refractivity contribution is 6.11. The van der Waals surface area contributed by atoms with Crippen LogP contribution in [0.25, 0.3) is 21.5 Å². The molecule has 0 spiro atoms. The summed E-state index contributed by atoms with van der Waals surface area (Å²) in [5.41, 5.74) is 0. The maximum Gasteiger partial charge on any atom is 0.135 e. The van der Waals surface area contributed by atoms with Crippen molar-refractivity contribution in [2.45, 2.75) is 37.9 Å². The molecule has 0 aromatic heterocycles. The van der Waals surface area contributed by atoms with Gasteiger partial charge in [0.25, 0.3) is 0 Å². The molecule has 2 N–H and O–H groups in total. The zero-order valence-corrected chi connectivity index (χ0v) is 19.9. The van der Waals surface area contributed by atoms with Crippen molar-refractivity contribution in [1.29, 1.82) is 0 Å². The number of hydrogen-bond acceptors (Lipinski definition) is 6. The predicted molar refractivity (Wildman–Crippen MR) is 136 cm³/mol. The van der Waals surface area contributed by atoms with Gasteiger partial charge < -0.3 is 19.7 Å². The van der Waals surface area contributed by atoms with E-state index in [0.29, 0.717) is 13.2 Å². The lowest BCUT2D eigenvalue weighted by atomic mass is 10.0. The summed E-state index contributed by atoms with van der Waals surface area (Å²) in [5, 5.41) is 23.8. The molecule has 6 heteroatoms. The van der Waals surface area contributed by atoms with Gasteiger partial charge in [-0.2, -0.15) is 0 Å². The van der Waals surface area contributed by atoms with Crippen LogP contribution in [0.1, 0.15) is 25.7 Å². The topological polar surface area (TPSA) is 65.4 Å². The van der Waals surface area contributed by atoms with Crippen molar-refractivity contribution in [2.75, 3.05) is 52.5 Å². The van der Waals surface area contributed by atoms with Crippen molar-refractivity contribution < 1.29 is 19.7 Å². The van der Waals surface area contributed by atoms with Crippen LogP contribution < -0.4 is 9.47 Å². The number of hydrogen-bond donors (Lipinski definition) is 2. The van der Waals surface area contributed by atoms with Crippen molar-refractivity contribution in [3.63, 3.8) is 0 Å². The van der Waals surface area contributed by atoms with E-state index in [1.54, 1.807) is 0 Å². The molecule has 0 amide bonds. The smallest absolute Gasteiger partial charge is 0.135 e. The fourth-order valence-electron chi connectivity index (χ4n) is 5.20. The van der Waals surface area contributed by atoms with Crippen LogP contribution in [0.2, 0.25) is 0 Å². The molecule has 6 nitrogen and oxygen atoms in total. The third-order valence-corrected chi connectivity index (χ3v) is 7.25. The summed E-state index contributed by atoms with van der Waals surface area (Å²) in [6.45, 7) is 6.65. The number of nitrogens with zero attached hydrogens (tertiary/aromatic N) is 2. The van der Waals surface area contributed by atoms with Crippen LogP contribution in [0.4, 0.5) is 0 Å². The summed E-state index contributed by atoms with van der Waals surface area (Å²) in [5.74, 6) is 1.83. The summed E-state index contributed by atoms with van der Waals surface area (Å²) in [4.78, 5) is 4.74. The highest BCUT2D eigenvalue weighted by Crippen LogP contribution is 2.42. The SMILES string of the molecule is OC1CCN(CCOc2c3ccccc3c(OCCN3CCC(O)CC3)c3ccccc23)CC1. The Morgan fingerprint density at radius 1 is 0.588 bits per heavy atom. The van der Waals surface area contributed by atoms with E-state index in [4.69, 9.17) is 9.47 Å². The van der Waals surface area contributed by atoms with Gasteiger partial charge in [-0.15, -0.1) is 0 Å². The second kappa shape index (κ2) is 10.9. The standard InChI is InChI=1S/C28H36N2O4/c31-21-9-13-29(14-10-21)17-19-33-27-23-5-1-2-6-24(23)28(26-8-4-3-7-25(26)27)34-20-18-30-15-11-22(32)12-16-30/h1-8,21-22,31-32H,9-20H2. The first kappa shape index (κ1) is 23.4. The van der Waals surface area contributed by atoms with Crippen LogP contribution in [-0.4, -0.2) is 84.7 Å². The van der Waals surface area contributed by atoms with Crippen LogP contribution in [-0.2, 0) is 0 Å². The lowest BCUT2D eigenvalue weighted by Crippen LogP contribution is -2.38. The molecule has 0 bridgehead atoms. The Kier molecular flexibility index (Phi) is 7.50. The molecular formula is C28H36N2O4. The zero-order valence-electron chi connectivity index (χ0n) is 19.9. The van der Waals surface area contributed by atoms with E-state index in [0.717, 1.165) is 98.0 Å². The van der Waals surface area contributed by atoms with Crippen molar-refractivity contribution >= 4 is 21.5 Å². The zero-order chi connectivity index (χ0) is 23.3. The van der Waals surface area contributed by atoms with E-state index in [-0.39, 0.29) is 12.2 Å². The summed E-state index contributed by atoms with van der Waals surface area (Å²) >= 11 is 0. The molecule has 2 aliphatic heterocycles. The van der Waals surface area contributed by atoms with E-state index in [1.807, 2.05) is 0 Å². The monoisotopic (exact) mass is 464 g/mol. The Hall–Kier alpha value is -2.38. The lowest BCUT2D eigenvalue weighted by molar-refractivity contribution is 0.0754. The minimum absolute atomic E-state index is 0.154. The van der Waals surface area contributed by atoms with Crippen molar-refractivity contribution in [3.05, 3.63) is 48.5 Å². The first-order chi connectivity index (χ1) is 16.7. The number of aliphatic hydroxyl groups excluding tert-OH is 2. The first-order valence-corrected chi connectivity index (χ1v) is 12.7. The molecule has 182 valence electrons. The Morgan fingerprint density at radius 2 is 0.912 bits per heavy atom. The number of benzene rings is 3. The number of rotatable bonds is 8. The largest absolute Gasteiger partial charge is 0.491 e. The van der Waals surface area contributed by atoms with E-state index >= 15 is 0 Å². The molecule has 3 aromatic carbocycles. The average Bonchev–Trinajstić information content (AvgIpc) is 2.87. The lowest BCUT2D eigenvalue weighted by Gasteiger charge is -2.29. The van der Waals surface area contributed by atoms with Gasteiger partial charge in [0.2, 0.25) is 0 Å². The van der Waals surface area contributed by atoms with Crippen LogP contribution >= 0.6 is 0 Å². The number of fused-ring (bicyclic) bond motifs is 2. The summed E-state index contributed by atoms with van der Waals surface area (Å²) in [7, 11) is 0. The van der Waals surface area contributed by atoms with E-state index in [2.05, 4.69) is 58.3 Å². The number of aliphatic hydroxyl groups is 2. The summed E-state index contributed by atoms with van der Waals surface area (Å²) in [6.07, 6.45) is 3.07. The van der Waals surface area contributed by atoms with Gasteiger partial charge in [0.15, 0.2) is 0 Å². The third-order valence-electron chi connectivity index (χ3n) is 7.25. The molecule has 2 heterocycles. The van der Waals surface area contributed by atoms with Crippen LogP contribution in [0.3, 0.4) is 0 Å². The van der Waals surface area contributed by atoms with Crippen LogP contribution in [0.5, 0.6) is 11.5 Å². The maximum atomic E-state index is 9.76. The maximum absolute atomic E-state index is 9.76. The van der Waals surface area contributed by atoms with Gasteiger partial charge >= 0.3 is 0 Å². The Bertz CT molecular complexity index is 945. The van der Waals surface area contributed by atoms with Gasteiger partial charge in [0.05, 0.1) is 12.2 Å². The molecule has 0 unspecified atom stereocenters.